The van der Waals surface area contributed by atoms with Gasteiger partial charge >= 0.3 is 5.97 Å². The van der Waals surface area contributed by atoms with E-state index in [1.807, 2.05) is 6.92 Å². The minimum Gasteiger partial charge on any atom is -0.481 e. The van der Waals surface area contributed by atoms with E-state index in [0.717, 1.165) is 11.3 Å². The van der Waals surface area contributed by atoms with Crippen molar-refractivity contribution in [1.82, 2.24) is 10.2 Å². The van der Waals surface area contributed by atoms with Gasteiger partial charge in [-0.2, -0.15) is 5.10 Å². The van der Waals surface area contributed by atoms with E-state index >= 15 is 0 Å². The number of nitrogens with two attached hydrogens (primary N) is 1. The van der Waals surface area contributed by atoms with Gasteiger partial charge < -0.3 is 10.8 Å². The minimum atomic E-state index is -0.802. The molecule has 0 saturated carbocycles. The van der Waals surface area contributed by atoms with Gasteiger partial charge in [0.2, 0.25) is 0 Å². The van der Waals surface area contributed by atoms with Crippen molar-refractivity contribution in [3.05, 3.63) is 17.5 Å². The number of carbonyl (C=O) groups is 1. The maximum atomic E-state index is 10.3. The van der Waals surface area contributed by atoms with Gasteiger partial charge in [-0.05, 0) is 25.3 Å². The fraction of sp³-hybridized carbons (Fsp3) is 0.556. The molecule has 0 aliphatic heterocycles. The Morgan fingerprint density at radius 2 is 2.50 bits per heavy atom. The molecule has 1 rings (SSSR count). The van der Waals surface area contributed by atoms with E-state index in [1.165, 1.54) is 0 Å². The molecule has 1 atom stereocenters. The van der Waals surface area contributed by atoms with Crippen molar-refractivity contribution in [2.75, 3.05) is 0 Å². The molecule has 1 aromatic rings. The summed E-state index contributed by atoms with van der Waals surface area (Å²) in [5.41, 5.74) is 7.83. The molecule has 14 heavy (non-hydrogen) atoms. The Morgan fingerprint density at radius 3 is 3.00 bits per heavy atom. The molecule has 5 heteroatoms. The van der Waals surface area contributed by atoms with Crippen LogP contribution in [0.15, 0.2) is 6.20 Å². The lowest BCUT2D eigenvalue weighted by atomic mass is 10.0. The lowest BCUT2D eigenvalue weighted by Gasteiger charge is -2.08. The van der Waals surface area contributed by atoms with Crippen LogP contribution in [-0.4, -0.2) is 27.3 Å². The zero-order chi connectivity index (χ0) is 10.6. The molecule has 1 aromatic heterocycles. The smallest absolute Gasteiger partial charge is 0.303 e. The molecule has 0 aliphatic carbocycles. The highest BCUT2D eigenvalue weighted by atomic mass is 16.4. The number of aromatic amines is 1. The lowest BCUT2D eigenvalue weighted by molar-refractivity contribution is -0.137. The number of carboxylic acids is 1. The van der Waals surface area contributed by atoms with E-state index in [9.17, 15) is 4.79 Å². The molecule has 1 heterocycles. The Labute approximate surface area is 82.3 Å². The highest BCUT2D eigenvalue weighted by Crippen LogP contribution is 2.08. The maximum Gasteiger partial charge on any atom is 0.303 e. The first-order valence-electron chi connectivity index (χ1n) is 4.56. The average Bonchev–Trinajstić information content (AvgIpc) is 2.49. The second-order valence-corrected chi connectivity index (χ2v) is 3.42. The van der Waals surface area contributed by atoms with Crippen LogP contribution in [0.1, 0.15) is 24.1 Å². The summed E-state index contributed by atoms with van der Waals surface area (Å²) in [6, 6.07) is -0.109. The third-order valence-electron chi connectivity index (χ3n) is 2.15. The standard InChI is InChI=1S/C9H15N3O2/c1-6-7(5-11-12-6)4-8(10)2-3-9(13)14/h5,8H,2-4,10H2,1H3,(H,11,12)(H,13,14). The van der Waals surface area contributed by atoms with Crippen LogP contribution in [0.2, 0.25) is 0 Å². The predicted molar refractivity (Wildman–Crippen MR) is 51.9 cm³/mol. The van der Waals surface area contributed by atoms with Crippen LogP contribution in [0.3, 0.4) is 0 Å². The van der Waals surface area contributed by atoms with Gasteiger partial charge in [-0.25, -0.2) is 0 Å². The third kappa shape index (κ3) is 3.18. The molecule has 0 spiro atoms. The van der Waals surface area contributed by atoms with E-state index < -0.39 is 5.97 Å². The fourth-order valence-corrected chi connectivity index (χ4v) is 1.27. The van der Waals surface area contributed by atoms with Gasteiger partial charge in [-0.15, -0.1) is 0 Å². The van der Waals surface area contributed by atoms with Crippen molar-refractivity contribution in [1.29, 1.82) is 0 Å². The zero-order valence-corrected chi connectivity index (χ0v) is 8.16. The summed E-state index contributed by atoms with van der Waals surface area (Å²) in [6.07, 6.45) is 3.03. The quantitative estimate of drug-likeness (QED) is 0.639. The highest BCUT2D eigenvalue weighted by molar-refractivity contribution is 5.66. The Hall–Kier alpha value is -1.36. The molecule has 0 saturated heterocycles. The Morgan fingerprint density at radius 1 is 1.79 bits per heavy atom. The molecular formula is C9H15N3O2. The molecule has 1 unspecified atom stereocenters. The van der Waals surface area contributed by atoms with Gasteiger partial charge in [-0.3, -0.25) is 9.89 Å². The van der Waals surface area contributed by atoms with E-state index in [1.54, 1.807) is 6.20 Å². The maximum absolute atomic E-state index is 10.3. The number of aliphatic carboxylic acids is 1. The van der Waals surface area contributed by atoms with E-state index in [4.69, 9.17) is 10.8 Å². The second kappa shape index (κ2) is 4.76. The van der Waals surface area contributed by atoms with E-state index in [2.05, 4.69) is 10.2 Å². The SMILES string of the molecule is Cc1[nH]ncc1CC(N)CCC(=O)O. The molecule has 78 valence electrons. The summed E-state index contributed by atoms with van der Waals surface area (Å²) >= 11 is 0. The predicted octanol–water partition coefficient (Wildman–Crippen LogP) is 0.453. The van der Waals surface area contributed by atoms with Crippen molar-refractivity contribution in [3.8, 4) is 0 Å². The van der Waals surface area contributed by atoms with Crippen LogP contribution in [0.25, 0.3) is 0 Å². The second-order valence-electron chi connectivity index (χ2n) is 3.42. The monoisotopic (exact) mass is 197 g/mol. The number of aromatic nitrogens is 2. The van der Waals surface area contributed by atoms with E-state index in [0.29, 0.717) is 12.8 Å². The van der Waals surface area contributed by atoms with Crippen molar-refractivity contribution in [3.63, 3.8) is 0 Å². The van der Waals surface area contributed by atoms with E-state index in [-0.39, 0.29) is 12.5 Å². The molecule has 0 aromatic carbocycles. The normalized spacial score (nSPS) is 12.7. The molecule has 0 bridgehead atoms. The number of hydrogen-bond donors (Lipinski definition) is 3. The molecule has 0 fully saturated rings. The number of hydrogen-bond acceptors (Lipinski definition) is 3. The van der Waals surface area contributed by atoms with Gasteiger partial charge in [0.15, 0.2) is 0 Å². The van der Waals surface area contributed by atoms with Crippen molar-refractivity contribution in [2.24, 2.45) is 5.73 Å². The van der Waals surface area contributed by atoms with Gasteiger partial charge in [0, 0.05) is 18.2 Å². The first kappa shape index (κ1) is 10.7. The van der Waals surface area contributed by atoms with Crippen LogP contribution in [0.4, 0.5) is 0 Å². The van der Waals surface area contributed by atoms with Gasteiger partial charge in [0.25, 0.3) is 0 Å². The Bertz CT molecular complexity index is 309. The number of H-pyrrole nitrogens is 1. The number of aryl methyl sites for hydroxylation is 1. The molecular weight excluding hydrogens is 182 g/mol. The highest BCUT2D eigenvalue weighted by Gasteiger charge is 2.09. The van der Waals surface area contributed by atoms with Crippen molar-refractivity contribution < 1.29 is 9.90 Å². The van der Waals surface area contributed by atoms with Crippen LogP contribution < -0.4 is 5.73 Å². The Balaban J connectivity index is 2.37. The summed E-state index contributed by atoms with van der Waals surface area (Å²) in [5.74, 6) is -0.802. The van der Waals surface area contributed by atoms with Crippen molar-refractivity contribution >= 4 is 5.97 Å². The number of nitrogens with zero attached hydrogens (tertiary/aromatic N) is 1. The first-order valence-corrected chi connectivity index (χ1v) is 4.56. The number of nitrogens with one attached hydrogen (secondary N) is 1. The van der Waals surface area contributed by atoms with Crippen LogP contribution >= 0.6 is 0 Å². The van der Waals surface area contributed by atoms with Gasteiger partial charge in [-0.1, -0.05) is 0 Å². The largest absolute Gasteiger partial charge is 0.481 e. The summed E-state index contributed by atoms with van der Waals surface area (Å²) in [5, 5.41) is 15.2. The summed E-state index contributed by atoms with van der Waals surface area (Å²) < 4.78 is 0. The van der Waals surface area contributed by atoms with Gasteiger partial charge in [0.1, 0.15) is 0 Å². The van der Waals surface area contributed by atoms with Gasteiger partial charge in [0.05, 0.1) is 6.20 Å². The third-order valence-corrected chi connectivity index (χ3v) is 2.15. The van der Waals surface area contributed by atoms with Crippen LogP contribution in [0.5, 0.6) is 0 Å². The number of carboxylic acid groups (broad SMARTS) is 1. The van der Waals surface area contributed by atoms with Crippen LogP contribution in [0, 0.1) is 6.92 Å². The molecule has 0 aliphatic rings. The molecule has 4 N–H and O–H groups in total. The zero-order valence-electron chi connectivity index (χ0n) is 8.16. The summed E-state index contributed by atoms with van der Waals surface area (Å²) in [7, 11) is 0. The minimum absolute atomic E-state index is 0.109. The van der Waals surface area contributed by atoms with Crippen molar-refractivity contribution in [2.45, 2.75) is 32.2 Å². The molecule has 5 nitrogen and oxygen atoms in total. The lowest BCUT2D eigenvalue weighted by Crippen LogP contribution is -2.23. The molecule has 0 radical (unpaired) electrons. The number of rotatable bonds is 5. The van der Waals surface area contributed by atoms with Crippen LogP contribution in [-0.2, 0) is 11.2 Å². The Kier molecular flexibility index (Phi) is 3.64. The first-order chi connectivity index (χ1) is 6.59. The molecule has 0 amide bonds. The average molecular weight is 197 g/mol. The fourth-order valence-electron chi connectivity index (χ4n) is 1.27. The summed E-state index contributed by atoms with van der Waals surface area (Å²) in [6.45, 7) is 1.92. The summed E-state index contributed by atoms with van der Waals surface area (Å²) in [4.78, 5) is 10.3. The topological polar surface area (TPSA) is 92.0 Å².